The lowest BCUT2D eigenvalue weighted by Gasteiger charge is -2.15. The third-order valence-electron chi connectivity index (χ3n) is 2.81. The zero-order valence-electron chi connectivity index (χ0n) is 10.1. The average molecular weight is 252 g/mol. The van der Waals surface area contributed by atoms with Crippen molar-refractivity contribution in [2.45, 2.75) is 32.3 Å². The highest BCUT2D eigenvalue weighted by Crippen LogP contribution is 2.24. The van der Waals surface area contributed by atoms with Crippen molar-refractivity contribution in [2.75, 3.05) is 0 Å². The van der Waals surface area contributed by atoms with E-state index in [1.54, 1.807) is 6.07 Å². The fourth-order valence-electron chi connectivity index (χ4n) is 1.91. The molecule has 0 aliphatic carbocycles. The Morgan fingerprint density at radius 2 is 1.94 bits per heavy atom. The topological polar surface area (TPSA) is 94.8 Å². The molecule has 0 amide bonds. The third kappa shape index (κ3) is 3.30. The number of rotatable bonds is 6. The quantitative estimate of drug-likeness (QED) is 0.711. The van der Waals surface area contributed by atoms with Gasteiger partial charge in [-0.05, 0) is 29.5 Å². The van der Waals surface area contributed by atoms with Crippen LogP contribution in [0.25, 0.3) is 0 Å². The van der Waals surface area contributed by atoms with Gasteiger partial charge < -0.3 is 15.3 Å². The van der Waals surface area contributed by atoms with Gasteiger partial charge >= 0.3 is 11.9 Å². The molecule has 0 saturated carbocycles. The minimum atomic E-state index is -1.61. The summed E-state index contributed by atoms with van der Waals surface area (Å²) in [5.74, 6) is -2.28. The lowest BCUT2D eigenvalue weighted by atomic mass is 9.92. The molecule has 0 aliphatic rings. The summed E-state index contributed by atoms with van der Waals surface area (Å²) in [6, 6.07) is 5.01. The number of aliphatic hydroxyl groups is 1. The van der Waals surface area contributed by atoms with Gasteiger partial charge in [-0.2, -0.15) is 0 Å². The summed E-state index contributed by atoms with van der Waals surface area (Å²) in [4.78, 5) is 21.4. The van der Waals surface area contributed by atoms with Crippen molar-refractivity contribution in [1.29, 1.82) is 0 Å². The van der Waals surface area contributed by atoms with Crippen LogP contribution in [0.4, 0.5) is 0 Å². The Hall–Kier alpha value is -1.88. The zero-order chi connectivity index (χ0) is 13.7. The molecular formula is C13H16O5. The molecule has 1 atom stereocenters. The zero-order valence-corrected chi connectivity index (χ0v) is 10.1. The molecule has 18 heavy (non-hydrogen) atoms. The summed E-state index contributed by atoms with van der Waals surface area (Å²) in [7, 11) is 0. The highest BCUT2D eigenvalue weighted by molar-refractivity contribution is 5.75. The SMILES string of the molecule is CCc1cccc(C(O)C(=O)O)c1CCC(=O)O. The van der Waals surface area contributed by atoms with Crippen molar-refractivity contribution < 1.29 is 24.9 Å². The first-order valence-corrected chi connectivity index (χ1v) is 5.70. The van der Waals surface area contributed by atoms with Gasteiger partial charge in [-0.1, -0.05) is 25.1 Å². The van der Waals surface area contributed by atoms with Crippen LogP contribution in [-0.2, 0) is 22.4 Å². The van der Waals surface area contributed by atoms with Crippen molar-refractivity contribution in [2.24, 2.45) is 0 Å². The fourth-order valence-corrected chi connectivity index (χ4v) is 1.91. The van der Waals surface area contributed by atoms with Crippen LogP contribution < -0.4 is 0 Å². The van der Waals surface area contributed by atoms with Crippen LogP contribution in [0.3, 0.4) is 0 Å². The molecule has 0 fully saturated rings. The van der Waals surface area contributed by atoms with Gasteiger partial charge in [0.05, 0.1) is 0 Å². The fraction of sp³-hybridized carbons (Fsp3) is 0.385. The van der Waals surface area contributed by atoms with Crippen LogP contribution >= 0.6 is 0 Å². The normalized spacial score (nSPS) is 12.1. The Morgan fingerprint density at radius 3 is 2.44 bits per heavy atom. The van der Waals surface area contributed by atoms with E-state index >= 15 is 0 Å². The number of benzene rings is 1. The minimum absolute atomic E-state index is 0.0870. The molecule has 1 aromatic rings. The van der Waals surface area contributed by atoms with E-state index in [0.29, 0.717) is 12.0 Å². The largest absolute Gasteiger partial charge is 0.481 e. The second-order valence-corrected chi connectivity index (χ2v) is 3.97. The monoisotopic (exact) mass is 252 g/mol. The number of aliphatic carboxylic acids is 2. The summed E-state index contributed by atoms with van der Waals surface area (Å²) < 4.78 is 0. The molecule has 5 heteroatoms. The van der Waals surface area contributed by atoms with Gasteiger partial charge in [0.25, 0.3) is 0 Å². The Balaban J connectivity index is 3.15. The lowest BCUT2D eigenvalue weighted by molar-refractivity contribution is -0.147. The van der Waals surface area contributed by atoms with E-state index in [-0.39, 0.29) is 18.4 Å². The standard InChI is InChI=1S/C13H16O5/c1-2-8-4-3-5-10(12(16)13(17)18)9(8)6-7-11(14)15/h3-5,12,16H,2,6-7H2,1H3,(H,14,15)(H,17,18). The van der Waals surface area contributed by atoms with Crippen molar-refractivity contribution in [3.05, 3.63) is 34.9 Å². The predicted molar refractivity (Wildman–Crippen MR) is 64.4 cm³/mol. The molecule has 0 aromatic heterocycles. The summed E-state index contributed by atoms with van der Waals surface area (Å²) in [6.45, 7) is 1.90. The van der Waals surface area contributed by atoms with Crippen molar-refractivity contribution in [3.8, 4) is 0 Å². The van der Waals surface area contributed by atoms with Crippen molar-refractivity contribution in [3.63, 3.8) is 0 Å². The second kappa shape index (κ2) is 6.16. The molecule has 5 nitrogen and oxygen atoms in total. The number of carboxylic acid groups (broad SMARTS) is 2. The number of aliphatic hydroxyl groups excluding tert-OH is 1. The summed E-state index contributed by atoms with van der Waals surface area (Å²) in [5, 5.41) is 27.1. The Kier molecular flexibility index (Phi) is 4.85. The van der Waals surface area contributed by atoms with E-state index < -0.39 is 18.0 Å². The van der Waals surface area contributed by atoms with Gasteiger partial charge in [0.15, 0.2) is 6.10 Å². The minimum Gasteiger partial charge on any atom is -0.481 e. The number of aryl methyl sites for hydroxylation is 1. The first-order valence-electron chi connectivity index (χ1n) is 5.70. The van der Waals surface area contributed by atoms with Gasteiger partial charge in [0.1, 0.15) is 0 Å². The number of carbonyl (C=O) groups is 2. The van der Waals surface area contributed by atoms with Gasteiger partial charge in [-0.25, -0.2) is 4.79 Å². The molecule has 0 heterocycles. The molecule has 3 N–H and O–H groups in total. The van der Waals surface area contributed by atoms with E-state index in [1.807, 2.05) is 13.0 Å². The van der Waals surface area contributed by atoms with E-state index in [0.717, 1.165) is 5.56 Å². The molecule has 0 aliphatic heterocycles. The Labute approximate surface area is 105 Å². The van der Waals surface area contributed by atoms with E-state index in [1.165, 1.54) is 6.07 Å². The number of carboxylic acids is 2. The molecule has 1 unspecified atom stereocenters. The van der Waals surface area contributed by atoms with Gasteiger partial charge in [-0.15, -0.1) is 0 Å². The Bertz CT molecular complexity index is 453. The number of hydrogen-bond acceptors (Lipinski definition) is 3. The summed E-state index contributed by atoms with van der Waals surface area (Å²) in [5.41, 5.74) is 1.77. The first kappa shape index (κ1) is 14.2. The third-order valence-corrected chi connectivity index (χ3v) is 2.81. The molecule has 0 bridgehead atoms. The Morgan fingerprint density at radius 1 is 1.28 bits per heavy atom. The lowest BCUT2D eigenvalue weighted by Crippen LogP contribution is -2.14. The maximum atomic E-state index is 10.8. The van der Waals surface area contributed by atoms with Crippen molar-refractivity contribution >= 4 is 11.9 Å². The van der Waals surface area contributed by atoms with Crippen LogP contribution in [-0.4, -0.2) is 27.3 Å². The van der Waals surface area contributed by atoms with Crippen LogP contribution in [0.2, 0.25) is 0 Å². The first-order chi connectivity index (χ1) is 8.47. The van der Waals surface area contributed by atoms with Crippen LogP contribution in [0.15, 0.2) is 18.2 Å². The molecule has 0 radical (unpaired) electrons. The van der Waals surface area contributed by atoms with Gasteiger partial charge in [0, 0.05) is 6.42 Å². The average Bonchev–Trinajstić information content (AvgIpc) is 2.34. The van der Waals surface area contributed by atoms with Gasteiger partial charge in [-0.3, -0.25) is 4.79 Å². The number of hydrogen-bond donors (Lipinski definition) is 3. The maximum Gasteiger partial charge on any atom is 0.337 e. The van der Waals surface area contributed by atoms with Crippen LogP contribution in [0, 0.1) is 0 Å². The second-order valence-electron chi connectivity index (χ2n) is 3.97. The molecule has 98 valence electrons. The van der Waals surface area contributed by atoms with Crippen LogP contribution in [0.1, 0.15) is 36.1 Å². The van der Waals surface area contributed by atoms with E-state index in [4.69, 9.17) is 10.2 Å². The molecule has 0 spiro atoms. The van der Waals surface area contributed by atoms with E-state index in [2.05, 4.69) is 0 Å². The van der Waals surface area contributed by atoms with E-state index in [9.17, 15) is 14.7 Å². The maximum absolute atomic E-state index is 10.8. The summed E-state index contributed by atoms with van der Waals surface area (Å²) in [6.07, 6.45) is -0.815. The van der Waals surface area contributed by atoms with Gasteiger partial charge in [0.2, 0.25) is 0 Å². The summed E-state index contributed by atoms with van der Waals surface area (Å²) >= 11 is 0. The molecule has 1 rings (SSSR count). The smallest absolute Gasteiger partial charge is 0.337 e. The highest BCUT2D eigenvalue weighted by Gasteiger charge is 2.21. The molecule has 1 aromatic carbocycles. The predicted octanol–water partition coefficient (Wildman–Crippen LogP) is 1.38. The molecular weight excluding hydrogens is 236 g/mol. The van der Waals surface area contributed by atoms with Crippen LogP contribution in [0.5, 0.6) is 0 Å². The highest BCUT2D eigenvalue weighted by atomic mass is 16.4. The van der Waals surface area contributed by atoms with Crippen molar-refractivity contribution in [1.82, 2.24) is 0 Å². The molecule has 0 saturated heterocycles.